The lowest BCUT2D eigenvalue weighted by molar-refractivity contribution is -0.114. The van der Waals surface area contributed by atoms with E-state index >= 15 is 0 Å². The molecule has 0 spiro atoms. The minimum Gasteiger partial charge on any atom is -0.355 e. The smallest absolute Gasteiger partial charge is 0.221 e. The lowest BCUT2D eigenvalue weighted by Crippen LogP contribution is -2.05. The maximum atomic E-state index is 10.9. The summed E-state index contributed by atoms with van der Waals surface area (Å²) >= 11 is 3.51. The van der Waals surface area contributed by atoms with Crippen molar-refractivity contribution in [1.82, 2.24) is 0 Å². The van der Waals surface area contributed by atoms with Gasteiger partial charge >= 0.3 is 0 Å². The Kier molecular flexibility index (Phi) is 4.22. The number of hydrogen-bond donors (Lipinski definition) is 2. The molecule has 0 saturated heterocycles. The number of carbonyl (C=O) groups excluding carboxylic acids is 1. The largest absolute Gasteiger partial charge is 0.355 e. The number of anilines is 3. The van der Waals surface area contributed by atoms with Crippen LogP contribution in [0, 0.1) is 6.92 Å². The van der Waals surface area contributed by atoms with E-state index in [0.717, 1.165) is 21.5 Å². The molecular formula is C15H15BrN2O. The highest BCUT2D eigenvalue weighted by Gasteiger charge is 1.99. The Morgan fingerprint density at radius 2 is 1.58 bits per heavy atom. The van der Waals surface area contributed by atoms with Crippen LogP contribution < -0.4 is 10.6 Å². The summed E-state index contributed by atoms with van der Waals surface area (Å²) in [6.07, 6.45) is 0. The summed E-state index contributed by atoms with van der Waals surface area (Å²) in [6, 6.07) is 13.7. The van der Waals surface area contributed by atoms with E-state index in [9.17, 15) is 4.79 Å². The van der Waals surface area contributed by atoms with E-state index in [-0.39, 0.29) is 5.91 Å². The van der Waals surface area contributed by atoms with E-state index in [1.165, 1.54) is 12.5 Å². The Morgan fingerprint density at radius 1 is 1.00 bits per heavy atom. The van der Waals surface area contributed by atoms with E-state index in [1.807, 2.05) is 36.4 Å². The number of halogens is 1. The minimum absolute atomic E-state index is 0.0665. The van der Waals surface area contributed by atoms with E-state index in [0.29, 0.717) is 0 Å². The van der Waals surface area contributed by atoms with E-state index in [1.54, 1.807) is 0 Å². The highest BCUT2D eigenvalue weighted by atomic mass is 79.9. The second kappa shape index (κ2) is 5.89. The van der Waals surface area contributed by atoms with Crippen LogP contribution in [0.5, 0.6) is 0 Å². The highest BCUT2D eigenvalue weighted by Crippen LogP contribution is 2.24. The quantitative estimate of drug-likeness (QED) is 0.877. The van der Waals surface area contributed by atoms with Gasteiger partial charge in [-0.15, -0.1) is 0 Å². The molecule has 0 bridgehead atoms. The molecule has 0 saturated carbocycles. The van der Waals surface area contributed by atoms with Gasteiger partial charge in [0.1, 0.15) is 0 Å². The van der Waals surface area contributed by atoms with Crippen molar-refractivity contribution in [3.8, 4) is 0 Å². The first-order valence-corrected chi connectivity index (χ1v) is 6.75. The first kappa shape index (κ1) is 13.6. The molecule has 2 N–H and O–H groups in total. The summed E-state index contributed by atoms with van der Waals surface area (Å²) in [5.74, 6) is -0.0665. The molecule has 0 heterocycles. The van der Waals surface area contributed by atoms with Gasteiger partial charge in [-0.3, -0.25) is 4.79 Å². The Bertz CT molecular complexity index is 594. The topological polar surface area (TPSA) is 41.1 Å². The van der Waals surface area contributed by atoms with Crippen LogP contribution in [0.2, 0.25) is 0 Å². The summed E-state index contributed by atoms with van der Waals surface area (Å²) in [4.78, 5) is 10.9. The Hall–Kier alpha value is -1.81. The van der Waals surface area contributed by atoms with Gasteiger partial charge in [-0.2, -0.15) is 0 Å². The van der Waals surface area contributed by atoms with E-state index in [4.69, 9.17) is 0 Å². The fourth-order valence-electron chi connectivity index (χ4n) is 1.68. The third kappa shape index (κ3) is 3.83. The molecule has 19 heavy (non-hydrogen) atoms. The first-order chi connectivity index (χ1) is 9.04. The van der Waals surface area contributed by atoms with Crippen LogP contribution in [0.4, 0.5) is 17.1 Å². The molecule has 3 nitrogen and oxygen atoms in total. The third-order valence-corrected chi connectivity index (χ3v) is 3.52. The predicted molar refractivity (Wildman–Crippen MR) is 82.9 cm³/mol. The zero-order valence-corrected chi connectivity index (χ0v) is 12.4. The number of amides is 1. The standard InChI is InChI=1S/C15H15BrN2O/c1-10-3-4-14(9-15(10)16)18-13-7-5-12(6-8-13)17-11(2)19/h3-9,18H,1-2H3,(H,17,19). The molecule has 1 amide bonds. The van der Waals surface area contributed by atoms with Crippen LogP contribution >= 0.6 is 15.9 Å². The van der Waals surface area contributed by atoms with Crippen LogP contribution in [-0.4, -0.2) is 5.91 Å². The molecule has 0 aliphatic heterocycles. The van der Waals surface area contributed by atoms with Gasteiger partial charge in [-0.1, -0.05) is 22.0 Å². The second-order valence-corrected chi connectivity index (χ2v) is 5.20. The molecule has 2 aromatic carbocycles. The number of rotatable bonds is 3. The fraction of sp³-hybridized carbons (Fsp3) is 0.133. The molecule has 2 rings (SSSR count). The van der Waals surface area contributed by atoms with Crippen LogP contribution in [0.1, 0.15) is 12.5 Å². The lowest BCUT2D eigenvalue weighted by atomic mass is 10.2. The number of aryl methyl sites for hydroxylation is 1. The molecule has 4 heteroatoms. The monoisotopic (exact) mass is 318 g/mol. The molecule has 98 valence electrons. The predicted octanol–water partition coefficient (Wildman–Crippen LogP) is 4.46. The zero-order chi connectivity index (χ0) is 13.8. The summed E-state index contributed by atoms with van der Waals surface area (Å²) in [5.41, 5.74) is 3.99. The molecule has 0 fully saturated rings. The van der Waals surface area contributed by atoms with Gasteiger partial charge in [0.2, 0.25) is 5.91 Å². The molecule has 0 unspecified atom stereocenters. The van der Waals surface area contributed by atoms with Gasteiger partial charge < -0.3 is 10.6 Å². The van der Waals surface area contributed by atoms with E-state index < -0.39 is 0 Å². The maximum absolute atomic E-state index is 10.9. The molecule has 0 aromatic heterocycles. The summed E-state index contributed by atoms with van der Waals surface area (Å²) < 4.78 is 1.08. The Morgan fingerprint density at radius 3 is 2.16 bits per heavy atom. The van der Waals surface area contributed by atoms with Crippen LogP contribution in [0.3, 0.4) is 0 Å². The molecule has 0 atom stereocenters. The van der Waals surface area contributed by atoms with Gasteiger partial charge in [0.05, 0.1) is 0 Å². The average Bonchev–Trinajstić information content (AvgIpc) is 2.36. The minimum atomic E-state index is -0.0665. The zero-order valence-electron chi connectivity index (χ0n) is 10.8. The summed E-state index contributed by atoms with van der Waals surface area (Å²) in [7, 11) is 0. The fourth-order valence-corrected chi connectivity index (χ4v) is 2.06. The van der Waals surface area contributed by atoms with Crippen molar-refractivity contribution in [2.45, 2.75) is 13.8 Å². The third-order valence-electron chi connectivity index (χ3n) is 2.67. The number of benzene rings is 2. The van der Waals surface area contributed by atoms with Gasteiger partial charge in [0, 0.05) is 28.5 Å². The summed E-state index contributed by atoms with van der Waals surface area (Å²) in [5, 5.41) is 6.05. The average molecular weight is 319 g/mol. The first-order valence-electron chi connectivity index (χ1n) is 5.95. The van der Waals surface area contributed by atoms with Crippen molar-refractivity contribution < 1.29 is 4.79 Å². The van der Waals surface area contributed by atoms with Crippen molar-refractivity contribution in [3.63, 3.8) is 0 Å². The van der Waals surface area contributed by atoms with Crippen molar-refractivity contribution in [2.75, 3.05) is 10.6 Å². The van der Waals surface area contributed by atoms with Gasteiger partial charge in [0.15, 0.2) is 0 Å². The normalized spacial score (nSPS) is 10.1. The van der Waals surface area contributed by atoms with Gasteiger partial charge in [-0.05, 0) is 48.9 Å². The lowest BCUT2D eigenvalue weighted by Gasteiger charge is -2.09. The van der Waals surface area contributed by atoms with Crippen LogP contribution in [0.15, 0.2) is 46.9 Å². The summed E-state index contributed by atoms with van der Waals surface area (Å²) in [6.45, 7) is 3.55. The van der Waals surface area contributed by atoms with Crippen molar-refractivity contribution in [3.05, 3.63) is 52.5 Å². The van der Waals surface area contributed by atoms with Crippen molar-refractivity contribution in [1.29, 1.82) is 0 Å². The van der Waals surface area contributed by atoms with E-state index in [2.05, 4.69) is 39.6 Å². The molecule has 0 radical (unpaired) electrons. The Labute approximate surface area is 121 Å². The SMILES string of the molecule is CC(=O)Nc1ccc(Nc2ccc(C)c(Br)c2)cc1. The second-order valence-electron chi connectivity index (χ2n) is 4.35. The molecule has 0 aliphatic carbocycles. The molecule has 2 aromatic rings. The van der Waals surface area contributed by atoms with Crippen molar-refractivity contribution in [2.24, 2.45) is 0 Å². The van der Waals surface area contributed by atoms with Crippen LogP contribution in [0.25, 0.3) is 0 Å². The highest BCUT2D eigenvalue weighted by molar-refractivity contribution is 9.10. The van der Waals surface area contributed by atoms with Crippen LogP contribution in [-0.2, 0) is 4.79 Å². The number of carbonyl (C=O) groups is 1. The number of nitrogens with one attached hydrogen (secondary N) is 2. The van der Waals surface area contributed by atoms with Gasteiger partial charge in [0.25, 0.3) is 0 Å². The Balaban J connectivity index is 2.10. The van der Waals surface area contributed by atoms with Crippen molar-refractivity contribution >= 4 is 38.9 Å². The maximum Gasteiger partial charge on any atom is 0.221 e. The van der Waals surface area contributed by atoms with Gasteiger partial charge in [-0.25, -0.2) is 0 Å². The number of hydrogen-bond acceptors (Lipinski definition) is 2. The molecular weight excluding hydrogens is 304 g/mol. The molecule has 0 aliphatic rings.